The van der Waals surface area contributed by atoms with E-state index in [-0.39, 0.29) is 0 Å². The third kappa shape index (κ3) is 2.30. The van der Waals surface area contributed by atoms with E-state index in [0.29, 0.717) is 5.92 Å². The van der Waals surface area contributed by atoms with Gasteiger partial charge in [0.25, 0.3) is 0 Å². The van der Waals surface area contributed by atoms with Gasteiger partial charge in [0.15, 0.2) is 0 Å². The van der Waals surface area contributed by atoms with Crippen molar-refractivity contribution in [2.75, 3.05) is 14.1 Å². The van der Waals surface area contributed by atoms with Gasteiger partial charge in [-0.1, -0.05) is 42.5 Å². The van der Waals surface area contributed by atoms with Gasteiger partial charge in [-0.25, -0.2) is 0 Å². The Kier molecular flexibility index (Phi) is 2.91. The molecule has 78 valence electrons. The van der Waals surface area contributed by atoms with Crippen molar-refractivity contribution < 1.29 is 0 Å². The summed E-state index contributed by atoms with van der Waals surface area (Å²) in [6, 6.07) is 8.63. The van der Waals surface area contributed by atoms with Crippen LogP contribution in [0.2, 0.25) is 0 Å². The van der Waals surface area contributed by atoms with Crippen molar-refractivity contribution in [3.63, 3.8) is 0 Å². The van der Waals surface area contributed by atoms with E-state index in [1.165, 1.54) is 11.1 Å². The van der Waals surface area contributed by atoms with Crippen LogP contribution in [0.3, 0.4) is 0 Å². The van der Waals surface area contributed by atoms with Gasteiger partial charge >= 0.3 is 0 Å². The molecule has 0 radical (unpaired) electrons. The molecular formula is C14H17N. The van der Waals surface area contributed by atoms with Crippen molar-refractivity contribution in [3.05, 3.63) is 53.7 Å². The lowest BCUT2D eigenvalue weighted by Gasteiger charge is -2.19. The fourth-order valence-corrected chi connectivity index (χ4v) is 1.93. The molecule has 15 heavy (non-hydrogen) atoms. The lowest BCUT2D eigenvalue weighted by molar-refractivity contribution is 0.558. The molecule has 2 rings (SSSR count). The fourth-order valence-electron chi connectivity index (χ4n) is 1.93. The quantitative estimate of drug-likeness (QED) is 0.706. The summed E-state index contributed by atoms with van der Waals surface area (Å²) in [4.78, 5) is 2.08. The summed E-state index contributed by atoms with van der Waals surface area (Å²) >= 11 is 0. The Bertz CT molecular complexity index is 388. The van der Waals surface area contributed by atoms with Crippen LogP contribution >= 0.6 is 0 Å². The molecule has 1 atom stereocenters. The Morgan fingerprint density at radius 2 is 2.07 bits per heavy atom. The minimum atomic E-state index is 0.536. The molecular weight excluding hydrogens is 182 g/mol. The number of hydrogen-bond donors (Lipinski definition) is 0. The van der Waals surface area contributed by atoms with Crippen molar-refractivity contribution in [1.82, 2.24) is 4.90 Å². The second-order valence-corrected chi connectivity index (χ2v) is 4.18. The van der Waals surface area contributed by atoms with Crippen LogP contribution in [0.15, 0.2) is 42.6 Å². The van der Waals surface area contributed by atoms with Gasteiger partial charge in [-0.3, -0.25) is 0 Å². The summed E-state index contributed by atoms with van der Waals surface area (Å²) in [6.45, 7) is 0. The van der Waals surface area contributed by atoms with Crippen molar-refractivity contribution in [2.45, 2.75) is 12.3 Å². The Hall–Kier alpha value is -1.50. The molecule has 0 aromatic heterocycles. The zero-order valence-electron chi connectivity index (χ0n) is 9.35. The van der Waals surface area contributed by atoms with Crippen LogP contribution in [0.5, 0.6) is 0 Å². The third-order valence-electron chi connectivity index (χ3n) is 2.70. The smallest absolute Gasteiger partial charge is 0.00758 e. The largest absolute Gasteiger partial charge is 0.384 e. The zero-order chi connectivity index (χ0) is 10.7. The van der Waals surface area contributed by atoms with E-state index in [1.54, 1.807) is 0 Å². The topological polar surface area (TPSA) is 3.24 Å². The highest BCUT2D eigenvalue weighted by molar-refractivity contribution is 5.58. The predicted octanol–water partition coefficient (Wildman–Crippen LogP) is 3.26. The van der Waals surface area contributed by atoms with Gasteiger partial charge in [0.2, 0.25) is 0 Å². The molecule has 0 amide bonds. The average molecular weight is 199 g/mol. The highest BCUT2D eigenvalue weighted by Gasteiger charge is 2.12. The normalized spacial score (nSPS) is 19.2. The second-order valence-electron chi connectivity index (χ2n) is 4.18. The van der Waals surface area contributed by atoms with Crippen molar-refractivity contribution in [3.8, 4) is 0 Å². The minimum absolute atomic E-state index is 0.536. The highest BCUT2D eigenvalue weighted by atomic mass is 15.0. The number of fused-ring (bicyclic) bond motifs is 1. The van der Waals surface area contributed by atoms with Crippen LogP contribution in [-0.2, 0) is 0 Å². The standard InChI is InChI=1S/C14H17N/c1-15(2)11-10-13-8-5-7-12-6-3-4-9-14(12)13/h3-7,9-11,13H,8H2,1-2H3/b11-10+. The first kappa shape index (κ1) is 10.0. The molecule has 1 heteroatoms. The van der Waals surface area contributed by atoms with Gasteiger partial charge in [0.1, 0.15) is 0 Å². The molecule has 0 aliphatic heterocycles. The molecule has 0 saturated heterocycles. The van der Waals surface area contributed by atoms with E-state index in [2.05, 4.69) is 67.7 Å². The predicted molar refractivity (Wildman–Crippen MR) is 65.7 cm³/mol. The fraction of sp³-hybridized carbons (Fsp3) is 0.286. The van der Waals surface area contributed by atoms with Gasteiger partial charge < -0.3 is 4.90 Å². The van der Waals surface area contributed by atoms with Gasteiger partial charge in [-0.2, -0.15) is 0 Å². The van der Waals surface area contributed by atoms with Crippen LogP contribution in [0.1, 0.15) is 23.5 Å². The summed E-state index contributed by atoms with van der Waals surface area (Å²) in [6.07, 6.45) is 10.0. The summed E-state index contributed by atoms with van der Waals surface area (Å²) in [7, 11) is 4.11. The molecule has 1 aliphatic carbocycles. The second kappa shape index (κ2) is 4.35. The molecule has 0 bridgehead atoms. The summed E-state index contributed by atoms with van der Waals surface area (Å²) < 4.78 is 0. The van der Waals surface area contributed by atoms with Crippen molar-refractivity contribution in [1.29, 1.82) is 0 Å². The van der Waals surface area contributed by atoms with Crippen LogP contribution in [-0.4, -0.2) is 19.0 Å². The summed E-state index contributed by atoms with van der Waals surface area (Å²) in [5.74, 6) is 0.536. The molecule has 0 N–H and O–H groups in total. The van der Waals surface area contributed by atoms with Crippen LogP contribution in [0, 0.1) is 0 Å². The molecule has 0 heterocycles. The molecule has 1 aromatic rings. The monoisotopic (exact) mass is 199 g/mol. The SMILES string of the molecule is CN(C)/C=C/C1CC=Cc2ccccc21. The van der Waals surface area contributed by atoms with Crippen LogP contribution < -0.4 is 0 Å². The summed E-state index contributed by atoms with van der Waals surface area (Å²) in [5.41, 5.74) is 2.80. The van der Waals surface area contributed by atoms with E-state index in [4.69, 9.17) is 0 Å². The lowest BCUT2D eigenvalue weighted by atomic mass is 9.87. The van der Waals surface area contributed by atoms with Gasteiger partial charge in [-0.15, -0.1) is 0 Å². The van der Waals surface area contributed by atoms with Gasteiger partial charge in [0.05, 0.1) is 0 Å². The molecule has 1 aromatic carbocycles. The van der Waals surface area contributed by atoms with E-state index >= 15 is 0 Å². The Balaban J connectivity index is 2.26. The molecule has 0 saturated carbocycles. The molecule has 0 fully saturated rings. The Labute approximate surface area is 91.7 Å². The van der Waals surface area contributed by atoms with Gasteiger partial charge in [0, 0.05) is 20.0 Å². The highest BCUT2D eigenvalue weighted by Crippen LogP contribution is 2.30. The number of rotatable bonds is 2. The first-order chi connectivity index (χ1) is 7.27. The zero-order valence-corrected chi connectivity index (χ0v) is 9.35. The Morgan fingerprint density at radius 1 is 1.27 bits per heavy atom. The minimum Gasteiger partial charge on any atom is -0.384 e. The number of benzene rings is 1. The average Bonchev–Trinajstić information content (AvgIpc) is 2.26. The molecule has 1 nitrogen and oxygen atoms in total. The third-order valence-corrected chi connectivity index (χ3v) is 2.70. The maximum absolute atomic E-state index is 2.28. The first-order valence-electron chi connectivity index (χ1n) is 5.37. The summed E-state index contributed by atoms with van der Waals surface area (Å²) in [5, 5.41) is 0. The molecule has 1 aliphatic rings. The van der Waals surface area contributed by atoms with E-state index < -0.39 is 0 Å². The van der Waals surface area contributed by atoms with Crippen molar-refractivity contribution in [2.24, 2.45) is 0 Å². The lowest BCUT2D eigenvalue weighted by Crippen LogP contribution is -2.05. The first-order valence-corrected chi connectivity index (χ1v) is 5.37. The van der Waals surface area contributed by atoms with Crippen LogP contribution in [0.4, 0.5) is 0 Å². The van der Waals surface area contributed by atoms with E-state index in [0.717, 1.165) is 6.42 Å². The number of allylic oxidation sites excluding steroid dienone is 2. The maximum Gasteiger partial charge on any atom is 0.00758 e. The van der Waals surface area contributed by atoms with Crippen molar-refractivity contribution >= 4 is 6.08 Å². The van der Waals surface area contributed by atoms with E-state index in [1.807, 2.05) is 0 Å². The van der Waals surface area contributed by atoms with Gasteiger partial charge in [-0.05, 0) is 23.7 Å². The Morgan fingerprint density at radius 3 is 2.87 bits per heavy atom. The molecule has 0 spiro atoms. The maximum atomic E-state index is 2.28. The van der Waals surface area contributed by atoms with Crippen LogP contribution in [0.25, 0.3) is 6.08 Å². The van der Waals surface area contributed by atoms with E-state index in [9.17, 15) is 0 Å². The molecule has 1 unspecified atom stereocenters. The number of nitrogens with zero attached hydrogens (tertiary/aromatic N) is 1. The number of hydrogen-bond acceptors (Lipinski definition) is 1.